The van der Waals surface area contributed by atoms with Gasteiger partial charge < -0.3 is 5.73 Å². The molecule has 12 heavy (non-hydrogen) atoms. The predicted octanol–water partition coefficient (Wildman–Crippen LogP) is 2.17. The molecule has 1 aromatic rings. The quantitative estimate of drug-likeness (QED) is 0.720. The van der Waals surface area contributed by atoms with E-state index in [1.165, 1.54) is 0 Å². The molecule has 0 aliphatic heterocycles. The number of benzene rings is 1. The first-order chi connectivity index (χ1) is 5.65. The monoisotopic (exact) mass is 180 g/mol. The number of nitrogens with zero attached hydrogens (tertiary/aromatic N) is 1. The minimum absolute atomic E-state index is 0.580. The highest BCUT2D eigenvalue weighted by Crippen LogP contribution is 2.19. The number of hydrogen-bond donors (Lipinski definition) is 1. The molecule has 0 aliphatic rings. The molecular weight excluding hydrogens is 172 g/mol. The number of aryl methyl sites for hydroxylation is 1. The van der Waals surface area contributed by atoms with E-state index in [4.69, 9.17) is 22.6 Å². The Bertz CT molecular complexity index is 328. The van der Waals surface area contributed by atoms with E-state index < -0.39 is 6.04 Å². The lowest BCUT2D eigenvalue weighted by molar-refractivity contribution is 0.925. The SMILES string of the molecule is Cc1ccc(C(N)C#N)cc1Cl. The van der Waals surface area contributed by atoms with Crippen molar-refractivity contribution in [3.63, 3.8) is 0 Å². The van der Waals surface area contributed by atoms with Gasteiger partial charge in [-0.1, -0.05) is 23.7 Å². The zero-order valence-corrected chi connectivity index (χ0v) is 7.47. The topological polar surface area (TPSA) is 49.8 Å². The van der Waals surface area contributed by atoms with Crippen LogP contribution in [-0.4, -0.2) is 0 Å². The number of halogens is 1. The maximum absolute atomic E-state index is 8.53. The Labute approximate surface area is 76.6 Å². The lowest BCUT2D eigenvalue weighted by Crippen LogP contribution is -2.06. The Hall–Kier alpha value is -1.04. The van der Waals surface area contributed by atoms with Crippen LogP contribution < -0.4 is 5.73 Å². The molecule has 0 aliphatic carbocycles. The molecule has 1 aromatic carbocycles. The van der Waals surface area contributed by atoms with Gasteiger partial charge in [0, 0.05) is 5.02 Å². The molecule has 0 aromatic heterocycles. The van der Waals surface area contributed by atoms with Gasteiger partial charge in [-0.25, -0.2) is 0 Å². The van der Waals surface area contributed by atoms with Crippen LogP contribution in [0.1, 0.15) is 17.2 Å². The summed E-state index contributed by atoms with van der Waals surface area (Å²) in [5.41, 5.74) is 7.24. The molecule has 1 atom stereocenters. The van der Waals surface area contributed by atoms with Gasteiger partial charge in [0.1, 0.15) is 6.04 Å². The first kappa shape index (κ1) is 9.05. The van der Waals surface area contributed by atoms with Gasteiger partial charge in [0.05, 0.1) is 6.07 Å². The molecule has 1 unspecified atom stereocenters. The molecule has 0 radical (unpaired) electrons. The average Bonchev–Trinajstić information content (AvgIpc) is 2.08. The van der Waals surface area contributed by atoms with E-state index in [1.807, 2.05) is 25.1 Å². The number of nitrogens with two attached hydrogens (primary N) is 1. The number of nitriles is 1. The number of rotatable bonds is 1. The third-order valence-electron chi connectivity index (χ3n) is 1.69. The van der Waals surface area contributed by atoms with E-state index >= 15 is 0 Å². The van der Waals surface area contributed by atoms with Crippen LogP contribution in [0.2, 0.25) is 5.02 Å². The van der Waals surface area contributed by atoms with E-state index in [2.05, 4.69) is 0 Å². The summed E-state index contributed by atoms with van der Waals surface area (Å²) in [6.07, 6.45) is 0. The second-order valence-corrected chi connectivity index (χ2v) is 3.02. The van der Waals surface area contributed by atoms with Gasteiger partial charge in [-0.2, -0.15) is 5.26 Å². The highest BCUT2D eigenvalue weighted by atomic mass is 35.5. The smallest absolute Gasteiger partial charge is 0.118 e. The van der Waals surface area contributed by atoms with Crippen LogP contribution in [0.3, 0.4) is 0 Å². The minimum atomic E-state index is -0.580. The van der Waals surface area contributed by atoms with Gasteiger partial charge in [-0.05, 0) is 24.1 Å². The minimum Gasteiger partial charge on any atom is -0.312 e. The highest BCUT2D eigenvalue weighted by Gasteiger charge is 2.04. The molecule has 3 heteroatoms. The molecule has 2 N–H and O–H groups in total. The second kappa shape index (κ2) is 3.57. The Morgan fingerprint density at radius 1 is 1.58 bits per heavy atom. The molecule has 0 spiro atoms. The van der Waals surface area contributed by atoms with Crippen molar-refractivity contribution in [1.29, 1.82) is 5.26 Å². The van der Waals surface area contributed by atoms with Crippen molar-refractivity contribution in [1.82, 2.24) is 0 Å². The van der Waals surface area contributed by atoms with Crippen LogP contribution in [0.15, 0.2) is 18.2 Å². The van der Waals surface area contributed by atoms with E-state index in [0.717, 1.165) is 11.1 Å². The summed E-state index contributed by atoms with van der Waals surface area (Å²) in [6.45, 7) is 1.91. The highest BCUT2D eigenvalue weighted by molar-refractivity contribution is 6.31. The average molecular weight is 181 g/mol. The van der Waals surface area contributed by atoms with Crippen LogP contribution >= 0.6 is 11.6 Å². The molecule has 0 saturated heterocycles. The molecule has 0 saturated carbocycles. The molecule has 62 valence electrons. The first-order valence-electron chi connectivity index (χ1n) is 3.56. The van der Waals surface area contributed by atoms with Crippen LogP contribution in [0.25, 0.3) is 0 Å². The van der Waals surface area contributed by atoms with Gasteiger partial charge in [0.25, 0.3) is 0 Å². The fourth-order valence-electron chi connectivity index (χ4n) is 0.877. The molecule has 2 nitrogen and oxygen atoms in total. The summed E-state index contributed by atoms with van der Waals surface area (Å²) in [7, 11) is 0. The van der Waals surface area contributed by atoms with Gasteiger partial charge in [-0.15, -0.1) is 0 Å². The molecular formula is C9H9ClN2. The van der Waals surface area contributed by atoms with Crippen molar-refractivity contribution in [2.75, 3.05) is 0 Å². The van der Waals surface area contributed by atoms with E-state index in [0.29, 0.717) is 5.02 Å². The van der Waals surface area contributed by atoms with E-state index in [9.17, 15) is 0 Å². The van der Waals surface area contributed by atoms with Gasteiger partial charge in [-0.3, -0.25) is 0 Å². The van der Waals surface area contributed by atoms with E-state index in [1.54, 1.807) is 6.07 Å². The van der Waals surface area contributed by atoms with Crippen molar-refractivity contribution in [3.8, 4) is 6.07 Å². The van der Waals surface area contributed by atoms with Crippen molar-refractivity contribution >= 4 is 11.6 Å². The molecule has 0 amide bonds. The number of hydrogen-bond acceptors (Lipinski definition) is 2. The Kier molecular flexibility index (Phi) is 2.69. The summed E-state index contributed by atoms with van der Waals surface area (Å²) >= 11 is 5.85. The summed E-state index contributed by atoms with van der Waals surface area (Å²) in [5.74, 6) is 0. The maximum atomic E-state index is 8.53. The predicted molar refractivity (Wildman–Crippen MR) is 48.7 cm³/mol. The fourth-order valence-corrected chi connectivity index (χ4v) is 1.07. The van der Waals surface area contributed by atoms with Crippen LogP contribution in [0.4, 0.5) is 0 Å². The van der Waals surface area contributed by atoms with Crippen LogP contribution in [0.5, 0.6) is 0 Å². The van der Waals surface area contributed by atoms with Gasteiger partial charge >= 0.3 is 0 Å². The lowest BCUT2D eigenvalue weighted by atomic mass is 10.1. The first-order valence-corrected chi connectivity index (χ1v) is 3.94. The van der Waals surface area contributed by atoms with Crippen LogP contribution in [-0.2, 0) is 0 Å². The Balaban J connectivity index is 3.06. The zero-order chi connectivity index (χ0) is 9.14. The summed E-state index contributed by atoms with van der Waals surface area (Å²) in [4.78, 5) is 0. The normalized spacial score (nSPS) is 12.2. The van der Waals surface area contributed by atoms with Crippen molar-refractivity contribution < 1.29 is 0 Å². The summed E-state index contributed by atoms with van der Waals surface area (Å²) in [5, 5.41) is 9.18. The maximum Gasteiger partial charge on any atom is 0.118 e. The van der Waals surface area contributed by atoms with Gasteiger partial charge in [0.2, 0.25) is 0 Å². The standard InChI is InChI=1S/C9H9ClN2/c1-6-2-3-7(4-8(6)10)9(12)5-11/h2-4,9H,12H2,1H3. The van der Waals surface area contributed by atoms with Crippen molar-refractivity contribution in [2.45, 2.75) is 13.0 Å². The van der Waals surface area contributed by atoms with E-state index in [-0.39, 0.29) is 0 Å². The molecule has 1 rings (SSSR count). The Morgan fingerprint density at radius 2 is 2.25 bits per heavy atom. The Morgan fingerprint density at radius 3 is 2.75 bits per heavy atom. The third kappa shape index (κ3) is 1.76. The molecule has 0 heterocycles. The lowest BCUT2D eigenvalue weighted by Gasteiger charge is -2.04. The zero-order valence-electron chi connectivity index (χ0n) is 6.71. The largest absolute Gasteiger partial charge is 0.312 e. The van der Waals surface area contributed by atoms with Crippen molar-refractivity contribution in [3.05, 3.63) is 34.3 Å². The van der Waals surface area contributed by atoms with Gasteiger partial charge in [0.15, 0.2) is 0 Å². The van der Waals surface area contributed by atoms with Crippen LogP contribution in [0, 0.1) is 18.3 Å². The molecule has 0 fully saturated rings. The fraction of sp³-hybridized carbons (Fsp3) is 0.222. The summed E-state index contributed by atoms with van der Waals surface area (Å²) < 4.78 is 0. The second-order valence-electron chi connectivity index (χ2n) is 2.62. The third-order valence-corrected chi connectivity index (χ3v) is 2.10. The van der Waals surface area contributed by atoms with Crippen molar-refractivity contribution in [2.24, 2.45) is 5.73 Å². The summed E-state index contributed by atoms with van der Waals surface area (Å²) in [6, 6.07) is 6.76. The molecule has 0 bridgehead atoms.